The molecule has 0 aromatic heterocycles. The molecular weight excluding hydrogens is 162 g/mol. The molecule has 1 saturated heterocycles. The molecule has 0 bridgehead atoms. The van der Waals surface area contributed by atoms with E-state index in [2.05, 4.69) is 0 Å². The van der Waals surface area contributed by atoms with Crippen LogP contribution >= 0.6 is 0 Å². The maximum atomic E-state index is 11.1. The molecule has 1 heterocycles. The number of nitrogens with zero attached hydrogens (tertiary/aromatic N) is 1. The number of carboxylic acid groups (broad SMARTS) is 1. The van der Waals surface area contributed by atoms with Crippen molar-refractivity contribution in [2.24, 2.45) is 5.92 Å². The van der Waals surface area contributed by atoms with Crippen LogP contribution in [-0.4, -0.2) is 34.3 Å². The van der Waals surface area contributed by atoms with E-state index in [1.165, 1.54) is 0 Å². The average molecular weight is 171 g/mol. The van der Waals surface area contributed by atoms with Crippen LogP contribution in [-0.2, 0) is 14.4 Å². The molecule has 1 fully saturated rings. The van der Waals surface area contributed by atoms with Crippen molar-refractivity contribution in [1.82, 2.24) is 4.90 Å². The Kier molecular flexibility index (Phi) is 2.12. The van der Waals surface area contributed by atoms with Gasteiger partial charge in [-0.25, -0.2) is 0 Å². The van der Waals surface area contributed by atoms with Crippen LogP contribution in [0, 0.1) is 5.92 Å². The summed E-state index contributed by atoms with van der Waals surface area (Å²) in [6.07, 6.45) is 0.131. The second-order valence-corrected chi connectivity index (χ2v) is 2.82. The third-order valence-corrected chi connectivity index (χ3v) is 1.76. The van der Waals surface area contributed by atoms with Crippen LogP contribution in [0.5, 0.6) is 0 Å². The summed E-state index contributed by atoms with van der Waals surface area (Å²) in [5.74, 6) is -2.31. The Bertz CT molecular complexity index is 248. The first-order valence-corrected chi connectivity index (χ1v) is 3.58. The van der Waals surface area contributed by atoms with Crippen molar-refractivity contribution in [2.75, 3.05) is 6.54 Å². The SMILES string of the molecule is C[C@@H]1CC(=O)N(CC(=O)O)C1=O. The van der Waals surface area contributed by atoms with Crippen molar-refractivity contribution < 1.29 is 19.5 Å². The van der Waals surface area contributed by atoms with Gasteiger partial charge in [-0.2, -0.15) is 0 Å². The molecule has 1 rings (SSSR count). The maximum absolute atomic E-state index is 11.1. The number of carbonyl (C=O) groups is 3. The van der Waals surface area contributed by atoms with Crippen molar-refractivity contribution in [3.63, 3.8) is 0 Å². The van der Waals surface area contributed by atoms with Crippen LogP contribution < -0.4 is 0 Å². The van der Waals surface area contributed by atoms with Gasteiger partial charge in [-0.15, -0.1) is 0 Å². The lowest BCUT2D eigenvalue weighted by Gasteiger charge is -2.09. The Morgan fingerprint density at radius 1 is 1.67 bits per heavy atom. The number of aliphatic carboxylic acids is 1. The maximum Gasteiger partial charge on any atom is 0.323 e. The van der Waals surface area contributed by atoms with E-state index in [0.717, 1.165) is 4.90 Å². The van der Waals surface area contributed by atoms with E-state index in [0.29, 0.717) is 0 Å². The lowest BCUT2D eigenvalue weighted by molar-refractivity contribution is -0.148. The van der Waals surface area contributed by atoms with E-state index in [4.69, 9.17) is 5.11 Å². The molecule has 5 nitrogen and oxygen atoms in total. The van der Waals surface area contributed by atoms with E-state index >= 15 is 0 Å². The zero-order valence-electron chi connectivity index (χ0n) is 6.61. The van der Waals surface area contributed by atoms with Gasteiger partial charge in [0.25, 0.3) is 0 Å². The lowest BCUT2D eigenvalue weighted by atomic mass is 10.1. The number of hydrogen-bond donors (Lipinski definition) is 1. The summed E-state index contributed by atoms with van der Waals surface area (Å²) in [6, 6.07) is 0. The summed E-state index contributed by atoms with van der Waals surface area (Å²) < 4.78 is 0. The molecule has 2 amide bonds. The fourth-order valence-corrected chi connectivity index (χ4v) is 1.15. The third kappa shape index (κ3) is 1.44. The molecule has 0 saturated carbocycles. The quantitative estimate of drug-likeness (QED) is 0.566. The highest BCUT2D eigenvalue weighted by molar-refractivity contribution is 6.05. The van der Waals surface area contributed by atoms with Crippen LogP contribution in [0.1, 0.15) is 13.3 Å². The van der Waals surface area contributed by atoms with E-state index in [9.17, 15) is 14.4 Å². The van der Waals surface area contributed by atoms with Gasteiger partial charge in [0.2, 0.25) is 11.8 Å². The van der Waals surface area contributed by atoms with Gasteiger partial charge in [0, 0.05) is 12.3 Å². The van der Waals surface area contributed by atoms with Crippen LogP contribution in [0.3, 0.4) is 0 Å². The lowest BCUT2D eigenvalue weighted by Crippen LogP contribution is -2.35. The van der Waals surface area contributed by atoms with Crippen LogP contribution in [0.4, 0.5) is 0 Å². The predicted molar refractivity (Wildman–Crippen MR) is 38.1 cm³/mol. The van der Waals surface area contributed by atoms with Gasteiger partial charge in [-0.3, -0.25) is 19.3 Å². The number of carboxylic acids is 1. The first-order chi connectivity index (χ1) is 5.52. The Balaban J connectivity index is 2.70. The van der Waals surface area contributed by atoms with Gasteiger partial charge in [-0.1, -0.05) is 6.92 Å². The average Bonchev–Trinajstić information content (AvgIpc) is 2.16. The number of amides is 2. The number of likely N-dealkylation sites (tertiary alicyclic amines) is 1. The zero-order chi connectivity index (χ0) is 9.30. The molecule has 1 aliphatic rings. The Morgan fingerprint density at radius 3 is 2.58 bits per heavy atom. The molecule has 0 aliphatic carbocycles. The smallest absolute Gasteiger partial charge is 0.323 e. The van der Waals surface area contributed by atoms with Crippen molar-refractivity contribution in [3.8, 4) is 0 Å². The number of carbonyl (C=O) groups excluding carboxylic acids is 2. The molecule has 0 aromatic rings. The molecule has 5 heteroatoms. The van der Waals surface area contributed by atoms with Gasteiger partial charge in [-0.05, 0) is 0 Å². The summed E-state index contributed by atoms with van der Waals surface area (Å²) in [5, 5.41) is 8.35. The minimum atomic E-state index is -1.16. The number of imide groups is 1. The molecule has 1 aliphatic heterocycles. The monoisotopic (exact) mass is 171 g/mol. The second kappa shape index (κ2) is 2.92. The van der Waals surface area contributed by atoms with Crippen molar-refractivity contribution in [2.45, 2.75) is 13.3 Å². The first kappa shape index (κ1) is 8.70. The summed E-state index contributed by atoms with van der Waals surface area (Å²) in [6.45, 7) is 1.10. The Labute approximate surface area is 69.0 Å². The largest absolute Gasteiger partial charge is 0.480 e. The van der Waals surface area contributed by atoms with Crippen molar-refractivity contribution in [3.05, 3.63) is 0 Å². The van der Waals surface area contributed by atoms with E-state index in [1.54, 1.807) is 6.92 Å². The van der Waals surface area contributed by atoms with E-state index in [1.807, 2.05) is 0 Å². The zero-order valence-corrected chi connectivity index (χ0v) is 6.61. The highest BCUT2D eigenvalue weighted by Gasteiger charge is 2.36. The molecule has 0 radical (unpaired) electrons. The summed E-state index contributed by atoms with van der Waals surface area (Å²) in [7, 11) is 0. The van der Waals surface area contributed by atoms with Crippen molar-refractivity contribution in [1.29, 1.82) is 0 Å². The normalized spacial score (nSPS) is 23.4. The fraction of sp³-hybridized carbons (Fsp3) is 0.571. The molecule has 0 unspecified atom stereocenters. The van der Waals surface area contributed by atoms with E-state index in [-0.39, 0.29) is 18.2 Å². The molecule has 1 N–H and O–H groups in total. The predicted octanol–water partition coefficient (Wildman–Crippen LogP) is -0.534. The van der Waals surface area contributed by atoms with E-state index < -0.39 is 18.4 Å². The van der Waals surface area contributed by atoms with Crippen LogP contribution in [0.2, 0.25) is 0 Å². The fourth-order valence-electron chi connectivity index (χ4n) is 1.15. The molecular formula is C7H9NO4. The number of rotatable bonds is 2. The third-order valence-electron chi connectivity index (χ3n) is 1.76. The molecule has 12 heavy (non-hydrogen) atoms. The topological polar surface area (TPSA) is 74.7 Å². The molecule has 0 aromatic carbocycles. The Morgan fingerprint density at radius 2 is 2.25 bits per heavy atom. The second-order valence-electron chi connectivity index (χ2n) is 2.82. The van der Waals surface area contributed by atoms with Gasteiger partial charge in [0.05, 0.1) is 0 Å². The van der Waals surface area contributed by atoms with Crippen LogP contribution in [0.15, 0.2) is 0 Å². The Hall–Kier alpha value is -1.39. The summed E-state index contributed by atoms with van der Waals surface area (Å²) in [4.78, 5) is 33.1. The first-order valence-electron chi connectivity index (χ1n) is 3.58. The van der Waals surface area contributed by atoms with Gasteiger partial charge < -0.3 is 5.11 Å². The van der Waals surface area contributed by atoms with Gasteiger partial charge >= 0.3 is 5.97 Å². The molecule has 1 atom stereocenters. The molecule has 0 spiro atoms. The highest BCUT2D eigenvalue weighted by atomic mass is 16.4. The van der Waals surface area contributed by atoms with Gasteiger partial charge in [0.1, 0.15) is 6.54 Å². The van der Waals surface area contributed by atoms with Crippen LogP contribution in [0.25, 0.3) is 0 Å². The highest BCUT2D eigenvalue weighted by Crippen LogP contribution is 2.17. The summed E-state index contributed by atoms with van der Waals surface area (Å²) in [5.41, 5.74) is 0. The summed E-state index contributed by atoms with van der Waals surface area (Å²) >= 11 is 0. The van der Waals surface area contributed by atoms with Gasteiger partial charge in [0.15, 0.2) is 0 Å². The minimum Gasteiger partial charge on any atom is -0.480 e. The minimum absolute atomic E-state index is 0.131. The van der Waals surface area contributed by atoms with Crippen molar-refractivity contribution >= 4 is 17.8 Å². The number of hydrogen-bond acceptors (Lipinski definition) is 3. The molecule has 66 valence electrons. The standard InChI is InChI=1S/C7H9NO4/c1-4-2-5(9)8(7(4)12)3-6(10)11/h4H,2-3H2,1H3,(H,10,11)/t4-/m1/s1.